The van der Waals surface area contributed by atoms with Gasteiger partial charge in [0.25, 0.3) is 5.91 Å². The molecule has 2 rings (SSSR count). The highest BCUT2D eigenvalue weighted by Gasteiger charge is 2.26. The first kappa shape index (κ1) is 33.7. The van der Waals surface area contributed by atoms with Crippen molar-refractivity contribution < 1.29 is 18.7 Å². The van der Waals surface area contributed by atoms with Crippen molar-refractivity contribution >= 4 is 17.9 Å². The lowest BCUT2D eigenvalue weighted by Gasteiger charge is -2.34. The number of allylic oxidation sites excluding steroid dienone is 5. The van der Waals surface area contributed by atoms with Gasteiger partial charge < -0.3 is 25.9 Å². The molecule has 1 atom stereocenters. The van der Waals surface area contributed by atoms with E-state index in [9.17, 15) is 14.0 Å². The van der Waals surface area contributed by atoms with Gasteiger partial charge in [-0.25, -0.2) is 4.39 Å². The highest BCUT2D eigenvalue weighted by molar-refractivity contribution is 6.39. The first-order valence-corrected chi connectivity index (χ1v) is 13.1. The fourth-order valence-electron chi connectivity index (χ4n) is 3.82. The van der Waals surface area contributed by atoms with Crippen LogP contribution in [0.2, 0.25) is 0 Å². The Morgan fingerprint density at radius 1 is 1.17 bits per heavy atom. The van der Waals surface area contributed by atoms with E-state index in [1.54, 1.807) is 7.05 Å². The highest BCUT2D eigenvalue weighted by atomic mass is 19.1. The van der Waals surface area contributed by atoms with E-state index in [0.717, 1.165) is 64.4 Å². The average molecular weight is 509 g/mol. The number of nitrogens with two attached hydrogens (primary N) is 1. The van der Waals surface area contributed by atoms with Crippen LogP contribution >= 0.6 is 0 Å². The summed E-state index contributed by atoms with van der Waals surface area (Å²) in [6.07, 6.45) is 15.8. The van der Waals surface area contributed by atoms with E-state index in [2.05, 4.69) is 22.2 Å². The number of aldehydes is 1. The number of ether oxygens (including phenoxy) is 1. The zero-order chi connectivity index (χ0) is 27.2. The number of alkyl halides is 1. The van der Waals surface area contributed by atoms with Crippen molar-refractivity contribution in [3.05, 3.63) is 36.6 Å². The van der Waals surface area contributed by atoms with Crippen LogP contribution < -0.4 is 16.4 Å². The van der Waals surface area contributed by atoms with Gasteiger partial charge in [0.2, 0.25) is 0 Å². The van der Waals surface area contributed by atoms with E-state index < -0.39 is 6.67 Å². The predicted molar refractivity (Wildman–Crippen MR) is 148 cm³/mol. The van der Waals surface area contributed by atoms with Gasteiger partial charge in [-0.2, -0.15) is 0 Å². The number of halogens is 1. The molecule has 0 aromatic carbocycles. The third-order valence-corrected chi connectivity index (χ3v) is 6.03. The third-order valence-electron chi connectivity index (χ3n) is 6.03. The molecular weight excluding hydrogens is 459 g/mol. The molecule has 1 saturated carbocycles. The molecule has 7 nitrogen and oxygen atoms in total. The Labute approximate surface area is 217 Å². The van der Waals surface area contributed by atoms with Crippen molar-refractivity contribution in [1.29, 1.82) is 0 Å². The summed E-state index contributed by atoms with van der Waals surface area (Å²) in [5.41, 5.74) is 6.99. The van der Waals surface area contributed by atoms with Crippen LogP contribution in [0.1, 0.15) is 72.1 Å². The van der Waals surface area contributed by atoms with E-state index in [4.69, 9.17) is 10.5 Å². The molecule has 0 aromatic heterocycles. The Morgan fingerprint density at radius 3 is 2.19 bits per heavy atom. The zero-order valence-corrected chi connectivity index (χ0v) is 22.8. The first-order valence-electron chi connectivity index (χ1n) is 13.1. The molecule has 1 heterocycles. The van der Waals surface area contributed by atoms with E-state index in [1.807, 2.05) is 39.0 Å². The quantitative estimate of drug-likeness (QED) is 0.230. The van der Waals surface area contributed by atoms with E-state index in [0.29, 0.717) is 29.9 Å². The number of hydrogen-bond acceptors (Lipinski definition) is 6. The minimum absolute atomic E-state index is 0.0804. The maximum Gasteiger partial charge on any atom is 0.265 e. The predicted octanol–water partition coefficient (Wildman–Crippen LogP) is 4.44. The zero-order valence-electron chi connectivity index (χ0n) is 22.8. The van der Waals surface area contributed by atoms with Crippen molar-refractivity contribution in [3.8, 4) is 0 Å². The summed E-state index contributed by atoms with van der Waals surface area (Å²) in [5.74, 6) is 0.0121. The topological polar surface area (TPSA) is 106 Å². The van der Waals surface area contributed by atoms with Gasteiger partial charge in [-0.05, 0) is 51.9 Å². The first-order chi connectivity index (χ1) is 17.3. The van der Waals surface area contributed by atoms with Crippen LogP contribution in [0.4, 0.5) is 4.39 Å². The Kier molecular flexibility index (Phi) is 20.5. The van der Waals surface area contributed by atoms with Gasteiger partial charge >= 0.3 is 0 Å². The molecule has 0 radical (unpaired) electrons. The van der Waals surface area contributed by atoms with E-state index in [1.165, 1.54) is 6.08 Å². The van der Waals surface area contributed by atoms with Crippen molar-refractivity contribution in [2.75, 3.05) is 26.9 Å². The number of nitrogens with one attached hydrogen (secondary N) is 2. The minimum Gasteiger partial charge on any atom is -0.402 e. The Balaban J connectivity index is 0.000000849. The molecule has 0 bridgehead atoms. The Hall–Kier alpha value is -2.32. The van der Waals surface area contributed by atoms with Crippen molar-refractivity contribution in [2.45, 2.75) is 90.3 Å². The normalized spacial score (nSPS) is 21.9. The van der Waals surface area contributed by atoms with Crippen LogP contribution in [0.25, 0.3) is 0 Å². The largest absolute Gasteiger partial charge is 0.402 e. The number of hydrogen-bond donors (Lipinski definition) is 3. The lowest BCUT2D eigenvalue weighted by molar-refractivity contribution is -0.115. The fraction of sp³-hybridized carbons (Fsp3) is 0.679. The van der Waals surface area contributed by atoms with E-state index in [-0.39, 0.29) is 17.9 Å². The van der Waals surface area contributed by atoms with Crippen LogP contribution in [-0.4, -0.2) is 63.0 Å². The fourth-order valence-corrected chi connectivity index (χ4v) is 3.82. The van der Waals surface area contributed by atoms with Crippen molar-refractivity contribution in [1.82, 2.24) is 10.6 Å². The Morgan fingerprint density at radius 2 is 1.72 bits per heavy atom. The van der Waals surface area contributed by atoms with Gasteiger partial charge in [0, 0.05) is 56.4 Å². The van der Waals surface area contributed by atoms with Gasteiger partial charge in [-0.1, -0.05) is 38.2 Å². The van der Waals surface area contributed by atoms with Gasteiger partial charge in [0.15, 0.2) is 0 Å². The third kappa shape index (κ3) is 16.4. The van der Waals surface area contributed by atoms with Crippen LogP contribution in [0.3, 0.4) is 0 Å². The molecule has 0 aromatic rings. The molecule has 4 N–H and O–H groups in total. The minimum atomic E-state index is -0.417. The molecule has 8 heteroatoms. The number of nitrogens with zero attached hydrogens (tertiary/aromatic N) is 1. The number of rotatable bonds is 10. The Bertz CT molecular complexity index is 695. The smallest absolute Gasteiger partial charge is 0.265 e. The highest BCUT2D eigenvalue weighted by Crippen LogP contribution is 2.20. The monoisotopic (exact) mass is 508 g/mol. The second-order valence-electron chi connectivity index (χ2n) is 9.06. The number of carbonyl (C=O) groups excluding carboxylic acids is 2. The summed E-state index contributed by atoms with van der Waals surface area (Å²) in [6, 6.07) is 1.41. The standard InChI is InChI=1S/C18H32N4O2.C7H12O.C3H5F/c1-3-13(19)12-17(20-2)18(23)22-15-6-4-14(5-7-15)21-16-8-10-24-11-9-16;1-3-4-5-7(2)6-8;1-2-3-4/h3,14-16,21H,4-12,19H2,1-2H3,(H,22,23);4-7H,3H2,1-2H3;2H,1,3H2/b13-3+,20-17?;5-4-;. The van der Waals surface area contributed by atoms with E-state index >= 15 is 0 Å². The van der Waals surface area contributed by atoms with Crippen LogP contribution in [-0.2, 0) is 14.3 Å². The van der Waals surface area contributed by atoms with Crippen LogP contribution in [0.5, 0.6) is 0 Å². The molecule has 2 aliphatic rings. The summed E-state index contributed by atoms with van der Waals surface area (Å²) in [5, 5.41) is 6.88. The molecule has 1 saturated heterocycles. The molecule has 0 spiro atoms. The van der Waals surface area contributed by atoms with Crippen molar-refractivity contribution in [2.24, 2.45) is 16.6 Å². The van der Waals surface area contributed by atoms with Crippen LogP contribution in [0, 0.1) is 5.92 Å². The molecule has 1 aliphatic heterocycles. The second kappa shape index (κ2) is 21.9. The van der Waals surface area contributed by atoms with Gasteiger partial charge in [-0.3, -0.25) is 9.79 Å². The second-order valence-corrected chi connectivity index (χ2v) is 9.06. The molecule has 1 aliphatic carbocycles. The van der Waals surface area contributed by atoms with Gasteiger partial charge in [-0.15, -0.1) is 6.58 Å². The summed E-state index contributed by atoms with van der Waals surface area (Å²) in [7, 11) is 1.65. The van der Waals surface area contributed by atoms with Crippen molar-refractivity contribution in [3.63, 3.8) is 0 Å². The lowest BCUT2D eigenvalue weighted by atomic mass is 9.90. The molecule has 2 fully saturated rings. The summed E-state index contributed by atoms with van der Waals surface area (Å²) < 4.78 is 16.0. The molecule has 1 amide bonds. The molecule has 36 heavy (non-hydrogen) atoms. The van der Waals surface area contributed by atoms with Gasteiger partial charge in [0.05, 0.1) is 0 Å². The maximum absolute atomic E-state index is 12.3. The lowest BCUT2D eigenvalue weighted by Crippen LogP contribution is -2.47. The summed E-state index contributed by atoms with van der Waals surface area (Å²) >= 11 is 0. The SMILES string of the molecule is C/C=C(/N)CC(=NC)C(=O)NC1CCC(NC2CCOCC2)CC1.C=CCF.CC/C=C\C(C)C=O. The number of aliphatic imine (C=N–C) groups is 1. The average Bonchev–Trinajstić information content (AvgIpc) is 2.92. The van der Waals surface area contributed by atoms with Crippen LogP contribution in [0.15, 0.2) is 41.6 Å². The summed E-state index contributed by atoms with van der Waals surface area (Å²) in [6.45, 7) is 10.2. The van der Waals surface area contributed by atoms with Gasteiger partial charge in [0.1, 0.15) is 18.7 Å². The molecule has 206 valence electrons. The molecule has 1 unspecified atom stereocenters. The number of carbonyl (C=O) groups is 2. The number of amides is 1. The molecular formula is C28H49FN4O3. The maximum atomic E-state index is 12.3. The summed E-state index contributed by atoms with van der Waals surface area (Å²) in [4.78, 5) is 26.4.